The predicted molar refractivity (Wildman–Crippen MR) is 95.9 cm³/mol. The van der Waals surface area contributed by atoms with Gasteiger partial charge in [-0.3, -0.25) is 4.79 Å². The number of piperidine rings is 1. The maximum absolute atomic E-state index is 12.9. The largest absolute Gasteiger partial charge is 0.338 e. The predicted octanol–water partition coefficient (Wildman–Crippen LogP) is 2.70. The standard InChI is InChI=1S/C19H23N5O/c25-19(13-23-15-21-17-6-1-2-7-18(17)23)24-10-4-3-5-16(24)8-11-22-12-9-20-14-22/h1-2,6-7,9,12,14-16H,3-5,8,10-11,13H2. The lowest BCUT2D eigenvalue weighted by Gasteiger charge is -2.36. The lowest BCUT2D eigenvalue weighted by Crippen LogP contribution is -2.45. The molecule has 0 bridgehead atoms. The Morgan fingerprint density at radius 3 is 3.00 bits per heavy atom. The molecule has 1 amide bonds. The molecule has 1 saturated heterocycles. The molecule has 0 radical (unpaired) electrons. The number of likely N-dealkylation sites (tertiary alicyclic amines) is 1. The molecule has 1 fully saturated rings. The Bertz CT molecular complexity index is 839. The summed E-state index contributed by atoms with van der Waals surface area (Å²) < 4.78 is 4.04. The summed E-state index contributed by atoms with van der Waals surface area (Å²) in [7, 11) is 0. The molecule has 0 saturated carbocycles. The normalized spacial score (nSPS) is 17.9. The van der Waals surface area contributed by atoms with E-state index >= 15 is 0 Å². The minimum atomic E-state index is 0.193. The summed E-state index contributed by atoms with van der Waals surface area (Å²) in [6, 6.07) is 8.27. The molecule has 4 rings (SSSR count). The molecular formula is C19H23N5O. The van der Waals surface area contributed by atoms with Crippen LogP contribution >= 0.6 is 0 Å². The molecule has 1 aromatic carbocycles. The quantitative estimate of drug-likeness (QED) is 0.719. The van der Waals surface area contributed by atoms with Gasteiger partial charge in [-0.25, -0.2) is 9.97 Å². The van der Waals surface area contributed by atoms with Crippen molar-refractivity contribution in [3.05, 3.63) is 49.3 Å². The van der Waals surface area contributed by atoms with Crippen LogP contribution < -0.4 is 0 Å². The maximum atomic E-state index is 12.9. The highest BCUT2D eigenvalue weighted by Gasteiger charge is 2.26. The topological polar surface area (TPSA) is 56.0 Å². The lowest BCUT2D eigenvalue weighted by molar-refractivity contribution is -0.135. The Labute approximate surface area is 147 Å². The fraction of sp³-hybridized carbons (Fsp3) is 0.421. The molecule has 0 N–H and O–H groups in total. The number of aryl methyl sites for hydroxylation is 1. The molecule has 6 heteroatoms. The summed E-state index contributed by atoms with van der Waals surface area (Å²) in [4.78, 5) is 23.5. The number of imidazole rings is 2. The second-order valence-corrected chi connectivity index (χ2v) is 6.69. The number of hydrogen-bond donors (Lipinski definition) is 0. The summed E-state index contributed by atoms with van der Waals surface area (Å²) in [6.07, 6.45) is 11.8. The fourth-order valence-electron chi connectivity index (χ4n) is 3.72. The van der Waals surface area contributed by atoms with Gasteiger partial charge in [0.1, 0.15) is 6.54 Å². The molecule has 6 nitrogen and oxygen atoms in total. The minimum Gasteiger partial charge on any atom is -0.338 e. The van der Waals surface area contributed by atoms with Crippen LogP contribution in [0.2, 0.25) is 0 Å². The Morgan fingerprint density at radius 1 is 1.20 bits per heavy atom. The molecule has 0 spiro atoms. The van der Waals surface area contributed by atoms with E-state index in [-0.39, 0.29) is 5.91 Å². The van der Waals surface area contributed by atoms with E-state index in [0.717, 1.165) is 43.4 Å². The van der Waals surface area contributed by atoms with E-state index in [2.05, 4.69) is 19.4 Å². The summed E-state index contributed by atoms with van der Waals surface area (Å²) in [5.74, 6) is 0.193. The average molecular weight is 337 g/mol. The number of benzene rings is 1. The van der Waals surface area contributed by atoms with Gasteiger partial charge < -0.3 is 14.0 Å². The van der Waals surface area contributed by atoms with Crippen LogP contribution in [-0.2, 0) is 17.9 Å². The zero-order valence-electron chi connectivity index (χ0n) is 14.3. The van der Waals surface area contributed by atoms with E-state index in [1.54, 1.807) is 12.5 Å². The second kappa shape index (κ2) is 7.09. The third-order valence-electron chi connectivity index (χ3n) is 5.06. The number of amides is 1. The fourth-order valence-corrected chi connectivity index (χ4v) is 3.72. The van der Waals surface area contributed by atoms with Gasteiger partial charge in [0.15, 0.2) is 0 Å². The van der Waals surface area contributed by atoms with Crippen LogP contribution in [0.3, 0.4) is 0 Å². The van der Waals surface area contributed by atoms with Crippen LogP contribution in [0.1, 0.15) is 25.7 Å². The first-order chi connectivity index (χ1) is 12.3. The van der Waals surface area contributed by atoms with Gasteiger partial charge in [0.05, 0.1) is 23.7 Å². The molecular weight excluding hydrogens is 314 g/mol. The summed E-state index contributed by atoms with van der Waals surface area (Å²) >= 11 is 0. The van der Waals surface area contributed by atoms with E-state index in [1.165, 1.54) is 6.42 Å². The van der Waals surface area contributed by atoms with Gasteiger partial charge in [-0.1, -0.05) is 12.1 Å². The number of fused-ring (bicyclic) bond motifs is 1. The third kappa shape index (κ3) is 3.43. The van der Waals surface area contributed by atoms with Crippen molar-refractivity contribution in [1.82, 2.24) is 24.0 Å². The molecule has 3 heterocycles. The number of aromatic nitrogens is 4. The first-order valence-corrected chi connectivity index (χ1v) is 8.96. The third-order valence-corrected chi connectivity index (χ3v) is 5.06. The highest BCUT2D eigenvalue weighted by atomic mass is 16.2. The van der Waals surface area contributed by atoms with E-state index in [4.69, 9.17) is 0 Å². The molecule has 1 aliphatic rings. The highest BCUT2D eigenvalue weighted by Crippen LogP contribution is 2.21. The van der Waals surface area contributed by atoms with Crippen LogP contribution in [0.4, 0.5) is 0 Å². The molecule has 2 aromatic heterocycles. The van der Waals surface area contributed by atoms with Crippen molar-refractivity contribution in [2.45, 2.75) is 44.8 Å². The molecule has 0 aliphatic carbocycles. The number of carbonyl (C=O) groups is 1. The van der Waals surface area contributed by atoms with Crippen molar-refractivity contribution in [2.24, 2.45) is 0 Å². The zero-order chi connectivity index (χ0) is 17.1. The van der Waals surface area contributed by atoms with Gasteiger partial charge in [-0.05, 0) is 37.8 Å². The van der Waals surface area contributed by atoms with E-state index < -0.39 is 0 Å². The Balaban J connectivity index is 1.45. The Morgan fingerprint density at radius 2 is 2.12 bits per heavy atom. The van der Waals surface area contributed by atoms with Crippen molar-refractivity contribution >= 4 is 16.9 Å². The van der Waals surface area contributed by atoms with Crippen molar-refractivity contribution < 1.29 is 4.79 Å². The first-order valence-electron chi connectivity index (χ1n) is 8.96. The Kier molecular flexibility index (Phi) is 4.50. The molecule has 1 unspecified atom stereocenters. The SMILES string of the molecule is O=C(Cn1cnc2ccccc21)N1CCCCC1CCn1ccnc1. The van der Waals surface area contributed by atoms with E-state index in [0.29, 0.717) is 12.6 Å². The van der Waals surface area contributed by atoms with Gasteiger partial charge >= 0.3 is 0 Å². The number of rotatable bonds is 5. The van der Waals surface area contributed by atoms with Crippen LogP contribution in [-0.4, -0.2) is 42.5 Å². The average Bonchev–Trinajstić information content (AvgIpc) is 3.30. The highest BCUT2D eigenvalue weighted by molar-refractivity contribution is 5.80. The first kappa shape index (κ1) is 15.9. The number of carbonyl (C=O) groups excluding carboxylic acids is 1. The molecule has 1 aliphatic heterocycles. The summed E-state index contributed by atoms with van der Waals surface area (Å²) in [5.41, 5.74) is 1.95. The summed E-state index contributed by atoms with van der Waals surface area (Å²) in [5, 5.41) is 0. The van der Waals surface area contributed by atoms with E-state index in [1.807, 2.05) is 41.4 Å². The molecule has 1 atom stereocenters. The molecule has 25 heavy (non-hydrogen) atoms. The van der Waals surface area contributed by atoms with Gasteiger partial charge in [-0.2, -0.15) is 0 Å². The number of hydrogen-bond acceptors (Lipinski definition) is 3. The lowest BCUT2D eigenvalue weighted by atomic mass is 9.99. The van der Waals surface area contributed by atoms with Gasteiger partial charge in [0, 0.05) is 31.5 Å². The van der Waals surface area contributed by atoms with Crippen LogP contribution in [0.15, 0.2) is 49.3 Å². The van der Waals surface area contributed by atoms with Gasteiger partial charge in [0.2, 0.25) is 5.91 Å². The summed E-state index contributed by atoms with van der Waals surface area (Å²) in [6.45, 7) is 2.13. The van der Waals surface area contributed by atoms with Crippen LogP contribution in [0.25, 0.3) is 11.0 Å². The zero-order valence-corrected chi connectivity index (χ0v) is 14.3. The van der Waals surface area contributed by atoms with Gasteiger partial charge in [0.25, 0.3) is 0 Å². The minimum absolute atomic E-state index is 0.193. The van der Waals surface area contributed by atoms with Crippen LogP contribution in [0.5, 0.6) is 0 Å². The van der Waals surface area contributed by atoms with Crippen molar-refractivity contribution in [1.29, 1.82) is 0 Å². The maximum Gasteiger partial charge on any atom is 0.242 e. The smallest absolute Gasteiger partial charge is 0.242 e. The second-order valence-electron chi connectivity index (χ2n) is 6.69. The van der Waals surface area contributed by atoms with Crippen molar-refractivity contribution in [3.8, 4) is 0 Å². The number of nitrogens with zero attached hydrogens (tertiary/aromatic N) is 5. The van der Waals surface area contributed by atoms with Gasteiger partial charge in [-0.15, -0.1) is 0 Å². The van der Waals surface area contributed by atoms with Crippen molar-refractivity contribution in [3.63, 3.8) is 0 Å². The number of para-hydroxylation sites is 2. The molecule has 130 valence electrons. The van der Waals surface area contributed by atoms with Crippen molar-refractivity contribution in [2.75, 3.05) is 6.54 Å². The Hall–Kier alpha value is -2.63. The van der Waals surface area contributed by atoms with E-state index in [9.17, 15) is 4.79 Å². The molecule has 3 aromatic rings. The monoisotopic (exact) mass is 337 g/mol. The van der Waals surface area contributed by atoms with Crippen LogP contribution in [0, 0.1) is 0 Å².